The molecule has 1 aliphatic rings. The van der Waals surface area contributed by atoms with Gasteiger partial charge >= 0.3 is 11.8 Å². The van der Waals surface area contributed by atoms with Crippen molar-refractivity contribution >= 4 is 17.6 Å². The molecule has 0 aliphatic carbocycles. The van der Waals surface area contributed by atoms with E-state index in [2.05, 4.69) is 15.8 Å². The van der Waals surface area contributed by atoms with Gasteiger partial charge in [0.1, 0.15) is 11.6 Å². The Labute approximate surface area is 149 Å². The number of carbonyl (C=O) groups excluding carboxylic acids is 2. The summed E-state index contributed by atoms with van der Waals surface area (Å²) in [6.07, 6.45) is 1.34. The van der Waals surface area contributed by atoms with Crippen molar-refractivity contribution in [3.05, 3.63) is 47.5 Å². The Morgan fingerprint density at radius 1 is 1.19 bits per heavy atom. The molecule has 3 rings (SSSR count). The number of nitrogens with zero attached hydrogens (tertiary/aromatic N) is 1. The third kappa shape index (κ3) is 4.08. The Morgan fingerprint density at radius 3 is 2.50 bits per heavy atom. The third-order valence-corrected chi connectivity index (χ3v) is 4.57. The van der Waals surface area contributed by atoms with Crippen LogP contribution in [0.4, 0.5) is 10.2 Å². The Bertz CT molecular complexity index is 782. The average molecular weight is 361 g/mol. The van der Waals surface area contributed by atoms with Crippen molar-refractivity contribution in [2.75, 3.05) is 25.1 Å². The van der Waals surface area contributed by atoms with Gasteiger partial charge in [0, 0.05) is 31.2 Å². The van der Waals surface area contributed by atoms with Crippen molar-refractivity contribution in [3.63, 3.8) is 0 Å². The highest BCUT2D eigenvalue weighted by atomic mass is 19.1. The van der Waals surface area contributed by atoms with Gasteiger partial charge in [-0.25, -0.2) is 4.39 Å². The molecule has 1 aliphatic heterocycles. The monoisotopic (exact) mass is 361 g/mol. The normalized spacial score (nSPS) is 16.1. The number of halogens is 1. The second-order valence-electron chi connectivity index (χ2n) is 6.36. The first-order valence-electron chi connectivity index (χ1n) is 8.35. The molecule has 8 heteroatoms. The summed E-state index contributed by atoms with van der Waals surface area (Å²) in [6, 6.07) is 7.74. The van der Waals surface area contributed by atoms with Gasteiger partial charge in [0.15, 0.2) is 5.82 Å². The number of hydrogen-bond acceptors (Lipinski definition) is 5. The molecule has 1 aromatic carbocycles. The second kappa shape index (κ2) is 7.65. The zero-order chi connectivity index (χ0) is 18.6. The number of rotatable bonds is 4. The van der Waals surface area contributed by atoms with E-state index in [-0.39, 0.29) is 18.2 Å². The van der Waals surface area contributed by atoms with Crippen LogP contribution in [-0.2, 0) is 19.7 Å². The molecule has 0 saturated carbocycles. The molecule has 1 aromatic heterocycles. The maximum atomic E-state index is 13.2. The van der Waals surface area contributed by atoms with Crippen LogP contribution in [0, 0.1) is 12.7 Å². The number of benzene rings is 1. The first-order chi connectivity index (χ1) is 12.5. The fraction of sp³-hybridized carbons (Fsp3) is 0.389. The van der Waals surface area contributed by atoms with Crippen LogP contribution in [0.2, 0.25) is 0 Å². The zero-order valence-corrected chi connectivity index (χ0v) is 14.4. The number of anilines is 1. The fourth-order valence-corrected chi connectivity index (χ4v) is 3.06. The van der Waals surface area contributed by atoms with Gasteiger partial charge in [-0.2, -0.15) is 0 Å². The van der Waals surface area contributed by atoms with E-state index in [1.54, 1.807) is 19.1 Å². The summed E-state index contributed by atoms with van der Waals surface area (Å²) in [4.78, 5) is 24.2. The molecule has 2 heterocycles. The van der Waals surface area contributed by atoms with Crippen LogP contribution >= 0.6 is 0 Å². The van der Waals surface area contributed by atoms with Crippen molar-refractivity contribution in [3.8, 4) is 0 Å². The standard InChI is InChI=1S/C18H20FN3O4/c1-12-10-15(22-26-12)21-17(24)16(23)20-11-18(6-8-25-9-7-18)13-2-4-14(19)5-3-13/h2-5,10H,6-9,11H2,1H3,(H,20,23)(H,21,22,24). The van der Waals surface area contributed by atoms with Crippen molar-refractivity contribution in [1.82, 2.24) is 10.5 Å². The molecule has 26 heavy (non-hydrogen) atoms. The molecule has 1 fully saturated rings. The highest BCUT2D eigenvalue weighted by Crippen LogP contribution is 2.34. The Kier molecular flexibility index (Phi) is 5.32. The molecular weight excluding hydrogens is 341 g/mol. The summed E-state index contributed by atoms with van der Waals surface area (Å²) in [7, 11) is 0. The van der Waals surface area contributed by atoms with Crippen LogP contribution in [-0.4, -0.2) is 36.7 Å². The summed E-state index contributed by atoms with van der Waals surface area (Å²) in [5.41, 5.74) is 0.516. The molecule has 138 valence electrons. The molecule has 0 bridgehead atoms. The molecular formula is C18H20FN3O4. The van der Waals surface area contributed by atoms with Crippen molar-refractivity contribution < 1.29 is 23.2 Å². The second-order valence-corrected chi connectivity index (χ2v) is 6.36. The lowest BCUT2D eigenvalue weighted by Crippen LogP contribution is -2.47. The molecule has 0 atom stereocenters. The van der Waals surface area contributed by atoms with Crippen LogP contribution in [0.1, 0.15) is 24.2 Å². The predicted octanol–water partition coefficient (Wildman–Crippen LogP) is 1.93. The number of aryl methyl sites for hydroxylation is 1. The van der Waals surface area contributed by atoms with E-state index in [1.807, 2.05) is 0 Å². The van der Waals surface area contributed by atoms with E-state index in [9.17, 15) is 14.0 Å². The van der Waals surface area contributed by atoms with Gasteiger partial charge in [0.05, 0.1) is 0 Å². The molecule has 2 aromatic rings. The SMILES string of the molecule is Cc1cc(NC(=O)C(=O)NCC2(c3ccc(F)cc3)CCOCC2)no1. The minimum absolute atomic E-state index is 0.182. The van der Waals surface area contributed by atoms with Gasteiger partial charge in [-0.15, -0.1) is 0 Å². The van der Waals surface area contributed by atoms with Crippen molar-refractivity contribution in [2.45, 2.75) is 25.2 Å². The van der Waals surface area contributed by atoms with Crippen molar-refractivity contribution in [1.29, 1.82) is 0 Å². The first-order valence-corrected chi connectivity index (χ1v) is 8.35. The average Bonchev–Trinajstić information content (AvgIpc) is 3.05. The third-order valence-electron chi connectivity index (χ3n) is 4.57. The van der Waals surface area contributed by atoms with E-state index in [4.69, 9.17) is 9.26 Å². The highest BCUT2D eigenvalue weighted by molar-refractivity contribution is 6.39. The molecule has 0 spiro atoms. The minimum Gasteiger partial charge on any atom is -0.381 e. The molecule has 7 nitrogen and oxygen atoms in total. The Morgan fingerprint density at radius 2 is 1.88 bits per heavy atom. The van der Waals surface area contributed by atoms with E-state index >= 15 is 0 Å². The van der Waals surface area contributed by atoms with Crippen molar-refractivity contribution in [2.24, 2.45) is 0 Å². The first kappa shape index (κ1) is 18.1. The van der Waals surface area contributed by atoms with Crippen LogP contribution < -0.4 is 10.6 Å². The lowest BCUT2D eigenvalue weighted by Gasteiger charge is -2.37. The number of carbonyl (C=O) groups is 2. The van der Waals surface area contributed by atoms with Crippen LogP contribution in [0.15, 0.2) is 34.9 Å². The highest BCUT2D eigenvalue weighted by Gasteiger charge is 2.35. The lowest BCUT2D eigenvalue weighted by atomic mass is 9.74. The van der Waals surface area contributed by atoms with Gasteiger partial charge in [-0.3, -0.25) is 14.9 Å². The summed E-state index contributed by atoms with van der Waals surface area (Å²) >= 11 is 0. The molecule has 0 unspecified atom stereocenters. The van der Waals surface area contributed by atoms with Crippen LogP contribution in [0.25, 0.3) is 0 Å². The maximum Gasteiger partial charge on any atom is 0.314 e. The van der Waals surface area contributed by atoms with Crippen LogP contribution in [0.3, 0.4) is 0 Å². The number of nitrogens with one attached hydrogen (secondary N) is 2. The Balaban J connectivity index is 1.66. The number of amides is 2. The minimum atomic E-state index is -0.820. The van der Waals surface area contributed by atoms with E-state index in [1.165, 1.54) is 18.2 Å². The topological polar surface area (TPSA) is 93.5 Å². The largest absolute Gasteiger partial charge is 0.381 e. The Hall–Kier alpha value is -2.74. The quantitative estimate of drug-likeness (QED) is 0.812. The molecule has 1 saturated heterocycles. The molecule has 0 radical (unpaired) electrons. The zero-order valence-electron chi connectivity index (χ0n) is 14.4. The number of aromatic nitrogens is 1. The van der Waals surface area contributed by atoms with Gasteiger partial charge in [-0.1, -0.05) is 17.3 Å². The summed E-state index contributed by atoms with van der Waals surface area (Å²) in [6.45, 7) is 3.02. The smallest absolute Gasteiger partial charge is 0.314 e. The summed E-state index contributed by atoms with van der Waals surface area (Å²) in [5, 5.41) is 8.67. The molecule has 2 amide bonds. The summed E-state index contributed by atoms with van der Waals surface area (Å²) < 4.78 is 23.5. The fourth-order valence-electron chi connectivity index (χ4n) is 3.06. The van der Waals surface area contributed by atoms with Gasteiger partial charge < -0.3 is 14.6 Å². The van der Waals surface area contributed by atoms with E-state index < -0.39 is 17.2 Å². The van der Waals surface area contributed by atoms with Crippen LogP contribution in [0.5, 0.6) is 0 Å². The van der Waals surface area contributed by atoms with E-state index in [0.717, 1.165) is 5.56 Å². The molecule has 2 N–H and O–H groups in total. The van der Waals surface area contributed by atoms with Gasteiger partial charge in [0.2, 0.25) is 0 Å². The summed E-state index contributed by atoms with van der Waals surface area (Å²) in [5.74, 6) is -1.19. The lowest BCUT2D eigenvalue weighted by molar-refractivity contribution is -0.136. The van der Waals surface area contributed by atoms with Gasteiger partial charge in [0.25, 0.3) is 0 Å². The number of ether oxygens (including phenoxy) is 1. The predicted molar refractivity (Wildman–Crippen MR) is 91.0 cm³/mol. The van der Waals surface area contributed by atoms with E-state index in [0.29, 0.717) is 31.8 Å². The maximum absolute atomic E-state index is 13.2. The van der Waals surface area contributed by atoms with Gasteiger partial charge in [-0.05, 0) is 37.5 Å². The number of hydrogen-bond donors (Lipinski definition) is 2.